The lowest BCUT2D eigenvalue weighted by Crippen LogP contribution is -3.11. The second-order valence-electron chi connectivity index (χ2n) is 6.95. The van der Waals surface area contributed by atoms with Crippen molar-refractivity contribution in [3.63, 3.8) is 0 Å². The normalized spacial score (nSPS) is 14.5. The first-order chi connectivity index (χ1) is 12.8. The number of nitrogens with one attached hydrogen (secondary N) is 3. The molecule has 10 heteroatoms. The van der Waals surface area contributed by atoms with Crippen molar-refractivity contribution in [2.75, 3.05) is 25.5 Å². The molecule has 2 amide bonds. The first-order valence-corrected chi connectivity index (χ1v) is 8.54. The summed E-state index contributed by atoms with van der Waals surface area (Å²) in [6, 6.07) is 6.80. The molecule has 3 N–H and O–H groups in total. The van der Waals surface area contributed by atoms with E-state index >= 15 is 0 Å². The Bertz CT molecular complexity index is 729. The number of alkyl halides is 3. The van der Waals surface area contributed by atoms with Crippen LogP contribution in [0, 0.1) is 17.2 Å². The van der Waals surface area contributed by atoms with Gasteiger partial charge in [0.1, 0.15) is 11.3 Å². The summed E-state index contributed by atoms with van der Waals surface area (Å²) in [6.45, 7) is 5.20. The van der Waals surface area contributed by atoms with Crippen molar-refractivity contribution in [3.8, 4) is 11.8 Å². The van der Waals surface area contributed by atoms with Gasteiger partial charge in [-0.15, -0.1) is 13.2 Å². The SMILES string of the molecule is CC(C)[C@](C)(C#N)NC(=O)C[NH+](C)CC(=O)Nc1ccc(OC(F)(F)F)cc1. The molecule has 0 saturated heterocycles. The minimum absolute atomic E-state index is 0.0181. The van der Waals surface area contributed by atoms with Crippen molar-refractivity contribution in [2.45, 2.75) is 32.7 Å². The topological polar surface area (TPSA) is 95.7 Å². The quantitative estimate of drug-likeness (QED) is 0.608. The number of halogens is 3. The van der Waals surface area contributed by atoms with Crippen molar-refractivity contribution in [1.29, 1.82) is 5.26 Å². The molecule has 154 valence electrons. The van der Waals surface area contributed by atoms with Crippen LogP contribution in [0.4, 0.5) is 18.9 Å². The van der Waals surface area contributed by atoms with Crippen molar-refractivity contribution in [2.24, 2.45) is 5.92 Å². The Morgan fingerprint density at radius 3 is 2.18 bits per heavy atom. The van der Waals surface area contributed by atoms with Crippen LogP contribution in [-0.2, 0) is 9.59 Å². The molecule has 0 aliphatic rings. The van der Waals surface area contributed by atoms with Crippen LogP contribution in [-0.4, -0.2) is 43.9 Å². The number of carbonyl (C=O) groups excluding carboxylic acids is 2. The molecule has 0 aliphatic heterocycles. The van der Waals surface area contributed by atoms with Crippen LogP contribution in [0.25, 0.3) is 0 Å². The molecule has 28 heavy (non-hydrogen) atoms. The second kappa shape index (κ2) is 9.41. The van der Waals surface area contributed by atoms with Gasteiger partial charge in [-0.2, -0.15) is 5.26 Å². The highest BCUT2D eigenvalue weighted by atomic mass is 19.4. The Morgan fingerprint density at radius 2 is 1.71 bits per heavy atom. The number of benzene rings is 1. The van der Waals surface area contributed by atoms with Gasteiger partial charge in [0.25, 0.3) is 11.8 Å². The van der Waals surface area contributed by atoms with Gasteiger partial charge in [0.05, 0.1) is 13.1 Å². The number of nitriles is 1. The number of ether oxygens (including phenoxy) is 1. The number of amides is 2. The number of anilines is 1. The van der Waals surface area contributed by atoms with Crippen LogP contribution in [0.15, 0.2) is 24.3 Å². The molecule has 0 radical (unpaired) electrons. The smallest absolute Gasteiger partial charge is 0.406 e. The maximum absolute atomic E-state index is 12.1. The fourth-order valence-corrected chi connectivity index (χ4v) is 2.19. The maximum atomic E-state index is 12.1. The zero-order valence-electron chi connectivity index (χ0n) is 16.1. The van der Waals surface area contributed by atoms with E-state index in [9.17, 15) is 28.0 Å². The van der Waals surface area contributed by atoms with E-state index in [1.807, 2.05) is 13.8 Å². The number of hydrogen-bond donors (Lipinski definition) is 3. The number of nitrogens with zero attached hydrogens (tertiary/aromatic N) is 1. The van der Waals surface area contributed by atoms with E-state index in [0.29, 0.717) is 10.6 Å². The van der Waals surface area contributed by atoms with Crippen molar-refractivity contribution in [1.82, 2.24) is 5.32 Å². The molecular weight excluding hydrogens is 377 g/mol. The standard InChI is InChI=1S/C18H23F3N4O3/c1-12(2)17(3,11-22)24-16(27)10-25(4)9-15(26)23-13-5-7-14(8-6-13)28-18(19,20)21/h5-8,12H,9-10H2,1-4H3,(H,23,26)(H,24,27)/p+1/t17-/m0/s1. The first kappa shape index (κ1) is 23.2. The highest BCUT2D eigenvalue weighted by molar-refractivity contribution is 5.91. The average Bonchev–Trinajstić information content (AvgIpc) is 2.54. The summed E-state index contributed by atoms with van der Waals surface area (Å²) in [4.78, 5) is 24.7. The van der Waals surface area contributed by atoms with Crippen LogP contribution in [0.5, 0.6) is 5.75 Å². The maximum Gasteiger partial charge on any atom is 0.573 e. The average molecular weight is 401 g/mol. The van der Waals surface area contributed by atoms with Crippen LogP contribution in [0.2, 0.25) is 0 Å². The summed E-state index contributed by atoms with van der Waals surface area (Å²) in [5.74, 6) is -1.26. The van der Waals surface area contributed by atoms with Crippen molar-refractivity contribution >= 4 is 17.5 Å². The van der Waals surface area contributed by atoms with Crippen LogP contribution in [0.1, 0.15) is 20.8 Å². The summed E-state index contributed by atoms with van der Waals surface area (Å²) in [5, 5.41) is 14.4. The van der Waals surface area contributed by atoms with E-state index in [1.165, 1.54) is 12.1 Å². The zero-order chi connectivity index (χ0) is 21.5. The molecular formula is C18H24F3N4O3+. The van der Waals surface area contributed by atoms with Gasteiger partial charge in [-0.25, -0.2) is 0 Å². The van der Waals surface area contributed by atoms with Crippen LogP contribution in [0.3, 0.4) is 0 Å². The van der Waals surface area contributed by atoms with E-state index in [2.05, 4.69) is 21.4 Å². The van der Waals surface area contributed by atoms with Gasteiger partial charge >= 0.3 is 6.36 Å². The van der Waals surface area contributed by atoms with Gasteiger partial charge in [0, 0.05) is 5.69 Å². The fourth-order valence-electron chi connectivity index (χ4n) is 2.19. The molecule has 0 heterocycles. The summed E-state index contributed by atoms with van der Waals surface area (Å²) in [7, 11) is 1.64. The van der Waals surface area contributed by atoms with E-state index in [1.54, 1.807) is 14.0 Å². The summed E-state index contributed by atoms with van der Waals surface area (Å²) in [5.41, 5.74) is -0.700. The molecule has 0 aliphatic carbocycles. The highest BCUT2D eigenvalue weighted by Crippen LogP contribution is 2.23. The lowest BCUT2D eigenvalue weighted by Gasteiger charge is -2.27. The lowest BCUT2D eigenvalue weighted by molar-refractivity contribution is -0.862. The molecule has 1 aromatic rings. The number of rotatable bonds is 8. The highest BCUT2D eigenvalue weighted by Gasteiger charge is 2.31. The van der Waals surface area contributed by atoms with Crippen LogP contribution >= 0.6 is 0 Å². The van der Waals surface area contributed by atoms with Gasteiger partial charge in [0.2, 0.25) is 0 Å². The predicted octanol–water partition coefficient (Wildman–Crippen LogP) is 1.09. The third-order valence-electron chi connectivity index (χ3n) is 4.08. The van der Waals surface area contributed by atoms with E-state index in [-0.39, 0.29) is 24.9 Å². The van der Waals surface area contributed by atoms with Gasteiger partial charge in [-0.05, 0) is 37.1 Å². The van der Waals surface area contributed by atoms with Crippen molar-refractivity contribution < 1.29 is 32.4 Å². The number of likely N-dealkylation sites (N-methyl/N-ethyl adjacent to an activating group) is 1. The second-order valence-corrected chi connectivity index (χ2v) is 6.95. The van der Waals surface area contributed by atoms with Crippen LogP contribution < -0.4 is 20.3 Å². The Labute approximate surface area is 161 Å². The first-order valence-electron chi connectivity index (χ1n) is 8.54. The zero-order valence-corrected chi connectivity index (χ0v) is 16.1. The van der Waals surface area contributed by atoms with Crippen molar-refractivity contribution in [3.05, 3.63) is 24.3 Å². The number of quaternary nitrogens is 1. The van der Waals surface area contributed by atoms with Gasteiger partial charge < -0.3 is 20.3 Å². The number of carbonyl (C=O) groups is 2. The molecule has 0 bridgehead atoms. The molecule has 0 aromatic heterocycles. The Morgan fingerprint density at radius 1 is 1.18 bits per heavy atom. The van der Waals surface area contributed by atoms with E-state index in [0.717, 1.165) is 12.1 Å². The molecule has 2 atom stereocenters. The predicted molar refractivity (Wildman–Crippen MR) is 95.4 cm³/mol. The van der Waals surface area contributed by atoms with Gasteiger partial charge in [0.15, 0.2) is 13.1 Å². The summed E-state index contributed by atoms with van der Waals surface area (Å²) >= 11 is 0. The minimum atomic E-state index is -4.78. The van der Waals surface area contributed by atoms with E-state index in [4.69, 9.17) is 0 Å². The summed E-state index contributed by atoms with van der Waals surface area (Å²) < 4.78 is 40.1. The Hall–Kier alpha value is -2.80. The molecule has 1 aromatic carbocycles. The van der Waals surface area contributed by atoms with Gasteiger partial charge in [-0.3, -0.25) is 9.59 Å². The summed E-state index contributed by atoms with van der Waals surface area (Å²) in [6.07, 6.45) is -4.78. The molecule has 1 rings (SSSR count). The molecule has 0 spiro atoms. The third-order valence-corrected chi connectivity index (χ3v) is 4.08. The number of hydrogen-bond acceptors (Lipinski definition) is 4. The molecule has 0 fully saturated rings. The fraction of sp³-hybridized carbons (Fsp3) is 0.500. The van der Waals surface area contributed by atoms with E-state index < -0.39 is 23.6 Å². The molecule has 0 saturated carbocycles. The lowest BCUT2D eigenvalue weighted by atomic mass is 9.90. The monoisotopic (exact) mass is 401 g/mol. The Balaban J connectivity index is 2.52. The minimum Gasteiger partial charge on any atom is -0.406 e. The molecule has 7 nitrogen and oxygen atoms in total. The largest absolute Gasteiger partial charge is 0.573 e. The van der Waals surface area contributed by atoms with Gasteiger partial charge in [-0.1, -0.05) is 13.8 Å². The molecule has 1 unspecified atom stereocenters. The Kier molecular flexibility index (Phi) is 7.81. The third kappa shape index (κ3) is 7.84.